The first-order valence-corrected chi connectivity index (χ1v) is 10.9. The molecule has 2 rings (SSSR count). The Hall–Kier alpha value is -4.01. The van der Waals surface area contributed by atoms with Gasteiger partial charge >= 0.3 is 11.9 Å². The van der Waals surface area contributed by atoms with Crippen LogP contribution in [0.4, 0.5) is 0 Å². The van der Waals surface area contributed by atoms with Crippen molar-refractivity contribution in [1.82, 2.24) is 20.9 Å². The van der Waals surface area contributed by atoms with Gasteiger partial charge in [-0.1, -0.05) is 18.2 Å². The van der Waals surface area contributed by atoms with E-state index in [2.05, 4.69) is 15.6 Å². The van der Waals surface area contributed by atoms with E-state index in [-0.39, 0.29) is 6.42 Å². The van der Waals surface area contributed by atoms with E-state index >= 15 is 0 Å². The number of hydrogen-bond donors (Lipinski definition) is 9. The number of aliphatic hydroxyl groups excluding tert-OH is 2. The molecule has 0 aliphatic rings. The van der Waals surface area contributed by atoms with Gasteiger partial charge in [0.25, 0.3) is 0 Å². The lowest BCUT2D eigenvalue weighted by Gasteiger charge is -2.24. The number of para-hydroxylation sites is 1. The molecule has 36 heavy (non-hydrogen) atoms. The molecule has 1 aromatic heterocycles. The maximum atomic E-state index is 13.1. The molecule has 5 unspecified atom stereocenters. The molecule has 10 N–H and O–H groups in total. The van der Waals surface area contributed by atoms with Crippen molar-refractivity contribution >= 4 is 40.6 Å². The third-order valence-corrected chi connectivity index (χ3v) is 5.36. The van der Waals surface area contributed by atoms with E-state index in [9.17, 15) is 34.2 Å². The molecule has 0 bridgehead atoms. The molecular weight excluding hydrogens is 478 g/mol. The number of fused-ring (bicyclic) bond motifs is 1. The molecule has 0 spiro atoms. The average Bonchev–Trinajstić information content (AvgIpc) is 3.23. The van der Waals surface area contributed by atoms with Gasteiger partial charge in [0.15, 0.2) is 0 Å². The van der Waals surface area contributed by atoms with Gasteiger partial charge in [-0.2, -0.15) is 0 Å². The number of aromatic amines is 1. The van der Waals surface area contributed by atoms with Crippen molar-refractivity contribution in [2.24, 2.45) is 5.73 Å². The summed E-state index contributed by atoms with van der Waals surface area (Å²) in [6.07, 6.45) is -0.620. The Morgan fingerprint density at radius 3 is 2.11 bits per heavy atom. The summed E-state index contributed by atoms with van der Waals surface area (Å²) >= 11 is 0. The summed E-state index contributed by atoms with van der Waals surface area (Å²) in [6.45, 7) is 0.317. The van der Waals surface area contributed by atoms with Crippen LogP contribution >= 0.6 is 0 Å². The van der Waals surface area contributed by atoms with Crippen molar-refractivity contribution < 1.29 is 44.4 Å². The number of amides is 3. The minimum atomic E-state index is -1.73. The zero-order valence-corrected chi connectivity index (χ0v) is 19.3. The van der Waals surface area contributed by atoms with Crippen LogP contribution in [0.1, 0.15) is 18.9 Å². The van der Waals surface area contributed by atoms with E-state index in [0.717, 1.165) is 10.9 Å². The van der Waals surface area contributed by atoms with Gasteiger partial charge < -0.3 is 47.1 Å². The zero-order chi connectivity index (χ0) is 27.0. The monoisotopic (exact) mass is 507 g/mol. The number of carbonyl (C=O) groups is 5. The zero-order valence-electron chi connectivity index (χ0n) is 19.3. The normalized spacial score (nSPS) is 15.2. The number of nitrogens with two attached hydrogens (primary N) is 1. The van der Waals surface area contributed by atoms with Crippen LogP contribution in [0.3, 0.4) is 0 Å². The number of rotatable bonds is 13. The number of carbonyl (C=O) groups excluding carboxylic acids is 3. The number of carboxylic acid groups (broad SMARTS) is 2. The Morgan fingerprint density at radius 2 is 1.53 bits per heavy atom. The van der Waals surface area contributed by atoms with Crippen LogP contribution in [-0.2, 0) is 30.4 Å². The largest absolute Gasteiger partial charge is 0.481 e. The minimum absolute atomic E-state index is 0.0933. The molecular formula is C22H29N5O9. The van der Waals surface area contributed by atoms with Crippen LogP contribution in [0.5, 0.6) is 0 Å². The first-order chi connectivity index (χ1) is 16.9. The summed E-state index contributed by atoms with van der Waals surface area (Å²) in [5.41, 5.74) is 7.03. The quantitative estimate of drug-likeness (QED) is 0.137. The van der Waals surface area contributed by atoms with Crippen LogP contribution in [0.2, 0.25) is 0 Å². The highest BCUT2D eigenvalue weighted by Crippen LogP contribution is 2.19. The van der Waals surface area contributed by atoms with Crippen molar-refractivity contribution in [3.05, 3.63) is 36.0 Å². The van der Waals surface area contributed by atoms with Crippen molar-refractivity contribution in [2.45, 2.75) is 50.0 Å². The molecule has 5 atom stereocenters. The summed E-state index contributed by atoms with van der Waals surface area (Å²) in [5, 5.41) is 44.3. The molecule has 14 heteroatoms. The van der Waals surface area contributed by atoms with E-state index in [0.29, 0.717) is 5.56 Å². The predicted molar refractivity (Wildman–Crippen MR) is 124 cm³/mol. The van der Waals surface area contributed by atoms with E-state index in [1.165, 1.54) is 6.92 Å². The second-order valence-corrected chi connectivity index (χ2v) is 8.13. The number of aliphatic hydroxyl groups is 2. The van der Waals surface area contributed by atoms with E-state index in [4.69, 9.17) is 15.9 Å². The molecule has 0 fully saturated rings. The summed E-state index contributed by atoms with van der Waals surface area (Å²) in [5.74, 6) is -6.02. The lowest BCUT2D eigenvalue weighted by molar-refractivity contribution is -0.144. The van der Waals surface area contributed by atoms with Gasteiger partial charge in [0, 0.05) is 23.5 Å². The highest BCUT2D eigenvalue weighted by atomic mass is 16.4. The second-order valence-electron chi connectivity index (χ2n) is 8.13. The van der Waals surface area contributed by atoms with Gasteiger partial charge in [0.05, 0.1) is 19.1 Å². The van der Waals surface area contributed by atoms with Crippen LogP contribution < -0.4 is 21.7 Å². The lowest BCUT2D eigenvalue weighted by atomic mass is 10.0. The fraction of sp³-hybridized carbons (Fsp3) is 0.409. The molecule has 2 aromatic rings. The maximum Gasteiger partial charge on any atom is 0.328 e. The average molecular weight is 508 g/mol. The van der Waals surface area contributed by atoms with Gasteiger partial charge in [-0.25, -0.2) is 4.79 Å². The van der Waals surface area contributed by atoms with Crippen LogP contribution in [0, 0.1) is 0 Å². The molecule has 196 valence electrons. The molecule has 1 heterocycles. The third kappa shape index (κ3) is 7.49. The van der Waals surface area contributed by atoms with E-state index in [1.54, 1.807) is 30.5 Å². The molecule has 14 nitrogen and oxygen atoms in total. The second kappa shape index (κ2) is 12.6. The van der Waals surface area contributed by atoms with Crippen molar-refractivity contribution in [3.63, 3.8) is 0 Å². The molecule has 0 radical (unpaired) electrons. The van der Waals surface area contributed by atoms with E-state index in [1.807, 2.05) is 5.32 Å². The minimum Gasteiger partial charge on any atom is -0.481 e. The Balaban J connectivity index is 2.31. The van der Waals surface area contributed by atoms with Gasteiger partial charge in [-0.15, -0.1) is 0 Å². The molecule has 0 aliphatic carbocycles. The topological polar surface area (TPSA) is 244 Å². The van der Waals surface area contributed by atoms with Crippen molar-refractivity contribution in [1.29, 1.82) is 0 Å². The number of carboxylic acids is 2. The highest BCUT2D eigenvalue weighted by Gasteiger charge is 2.32. The maximum absolute atomic E-state index is 13.1. The SMILES string of the molecule is CC(O)C(N)C(=O)NC(Cc1c[nH]c2ccccc12)C(=O)NC(CC(=O)O)C(=O)NC(CO)C(=O)O. The summed E-state index contributed by atoms with van der Waals surface area (Å²) in [7, 11) is 0. The number of H-pyrrole nitrogens is 1. The van der Waals surface area contributed by atoms with E-state index < -0.39 is 73.0 Å². The summed E-state index contributed by atoms with van der Waals surface area (Å²) in [4.78, 5) is 63.6. The molecule has 0 saturated carbocycles. The Kier molecular flexibility index (Phi) is 9.90. The van der Waals surface area contributed by atoms with Gasteiger partial charge in [-0.3, -0.25) is 19.2 Å². The van der Waals surface area contributed by atoms with Gasteiger partial charge in [0.1, 0.15) is 24.2 Å². The first-order valence-electron chi connectivity index (χ1n) is 10.9. The predicted octanol–water partition coefficient (Wildman–Crippen LogP) is -2.58. The smallest absolute Gasteiger partial charge is 0.328 e. The number of aliphatic carboxylic acids is 2. The number of nitrogens with one attached hydrogen (secondary N) is 4. The summed E-state index contributed by atoms with van der Waals surface area (Å²) in [6, 6.07) is 0.963. The Labute approximate surface area is 204 Å². The number of benzene rings is 1. The number of hydrogen-bond acceptors (Lipinski definition) is 8. The standard InChI is InChI=1S/C22H29N5O9/c1-10(29)18(23)21(34)26-14(6-11-8-24-13-5-3-2-4-12(11)13)19(32)25-15(7-17(30)31)20(33)27-16(9-28)22(35)36/h2-5,8,10,14-16,18,24,28-29H,6-7,9,23H2,1H3,(H,25,32)(H,26,34)(H,27,33)(H,30,31)(H,35,36). The fourth-order valence-corrected chi connectivity index (χ4v) is 3.33. The lowest BCUT2D eigenvalue weighted by Crippen LogP contribution is -2.59. The third-order valence-electron chi connectivity index (χ3n) is 5.36. The van der Waals surface area contributed by atoms with Gasteiger partial charge in [0.2, 0.25) is 17.7 Å². The molecule has 3 amide bonds. The van der Waals surface area contributed by atoms with Gasteiger partial charge in [-0.05, 0) is 18.6 Å². The van der Waals surface area contributed by atoms with Crippen LogP contribution in [0.15, 0.2) is 30.5 Å². The Morgan fingerprint density at radius 1 is 0.944 bits per heavy atom. The first kappa shape index (κ1) is 28.2. The van der Waals surface area contributed by atoms with Crippen molar-refractivity contribution in [3.8, 4) is 0 Å². The molecule has 1 aromatic carbocycles. The molecule has 0 saturated heterocycles. The summed E-state index contributed by atoms with van der Waals surface area (Å²) < 4.78 is 0. The van der Waals surface area contributed by atoms with Crippen molar-refractivity contribution in [2.75, 3.05) is 6.61 Å². The molecule has 0 aliphatic heterocycles. The Bertz CT molecular complexity index is 1120. The van der Waals surface area contributed by atoms with Crippen LogP contribution in [0.25, 0.3) is 10.9 Å². The van der Waals surface area contributed by atoms with Crippen LogP contribution in [-0.4, -0.2) is 91.9 Å². The number of aromatic nitrogens is 1. The fourth-order valence-electron chi connectivity index (χ4n) is 3.33. The highest BCUT2D eigenvalue weighted by molar-refractivity contribution is 5.96.